The maximum Gasteiger partial charge on any atom is 0.266 e. The lowest BCUT2D eigenvalue weighted by Crippen LogP contribution is -2.52. The van der Waals surface area contributed by atoms with Gasteiger partial charge in [-0.1, -0.05) is 0 Å². The highest BCUT2D eigenvalue weighted by atomic mass is 16.5. The summed E-state index contributed by atoms with van der Waals surface area (Å²) in [5.74, 6) is 0.137. The van der Waals surface area contributed by atoms with Gasteiger partial charge >= 0.3 is 0 Å². The zero-order valence-electron chi connectivity index (χ0n) is 12.7. The Balaban J connectivity index is 1.45. The van der Waals surface area contributed by atoms with Gasteiger partial charge in [-0.3, -0.25) is 14.5 Å². The number of carbonyl (C=O) groups is 1. The second kappa shape index (κ2) is 7.02. The van der Waals surface area contributed by atoms with Crippen LogP contribution >= 0.6 is 0 Å². The molecule has 3 rings (SSSR count). The Morgan fingerprint density at radius 1 is 1.27 bits per heavy atom. The predicted octanol–water partition coefficient (Wildman–Crippen LogP) is -0.433. The molecule has 1 atom stereocenters. The molecule has 1 aromatic heterocycles. The van der Waals surface area contributed by atoms with Gasteiger partial charge in [0.15, 0.2) is 0 Å². The van der Waals surface area contributed by atoms with Gasteiger partial charge in [-0.25, -0.2) is 4.68 Å². The van der Waals surface area contributed by atoms with Crippen molar-refractivity contribution in [3.8, 4) is 0 Å². The molecule has 7 nitrogen and oxygen atoms in total. The van der Waals surface area contributed by atoms with Crippen molar-refractivity contribution >= 4 is 5.91 Å². The Morgan fingerprint density at radius 3 is 2.77 bits per heavy atom. The van der Waals surface area contributed by atoms with Crippen molar-refractivity contribution in [2.75, 3.05) is 39.3 Å². The molecule has 1 aromatic rings. The van der Waals surface area contributed by atoms with Crippen molar-refractivity contribution in [1.29, 1.82) is 0 Å². The zero-order valence-corrected chi connectivity index (χ0v) is 12.7. The van der Waals surface area contributed by atoms with Crippen molar-refractivity contribution in [3.63, 3.8) is 0 Å². The molecule has 2 fully saturated rings. The molecule has 0 spiro atoms. The summed E-state index contributed by atoms with van der Waals surface area (Å²) in [6.07, 6.45) is 3.23. The van der Waals surface area contributed by atoms with Gasteiger partial charge in [0.2, 0.25) is 0 Å². The number of piperazine rings is 1. The molecule has 22 heavy (non-hydrogen) atoms. The third-order valence-electron chi connectivity index (χ3n) is 4.30. The second-order valence-corrected chi connectivity index (χ2v) is 5.75. The lowest BCUT2D eigenvalue weighted by atomic mass is 10.2. The molecule has 1 unspecified atom stereocenters. The Labute approximate surface area is 129 Å². The average molecular weight is 306 g/mol. The summed E-state index contributed by atoms with van der Waals surface area (Å²) in [7, 11) is 0. The monoisotopic (exact) mass is 306 g/mol. The van der Waals surface area contributed by atoms with Crippen LogP contribution in [0.25, 0.3) is 0 Å². The van der Waals surface area contributed by atoms with Crippen LogP contribution in [0.3, 0.4) is 0 Å². The van der Waals surface area contributed by atoms with Crippen molar-refractivity contribution in [2.45, 2.75) is 25.5 Å². The van der Waals surface area contributed by atoms with Crippen molar-refractivity contribution in [2.24, 2.45) is 0 Å². The first kappa shape index (κ1) is 15.2. The number of hydrogen-bond donors (Lipinski definition) is 0. The standard InChI is InChI=1S/C15H22N4O3/c20-14-4-1-5-16-19(14)11-8-17-6-9-18(10-7-17)15(21)13-3-2-12-22-13/h1,4-5,13H,2-3,6-12H2. The molecule has 2 aliphatic rings. The van der Waals surface area contributed by atoms with Crippen LogP contribution < -0.4 is 5.56 Å². The molecular formula is C15H22N4O3. The third-order valence-corrected chi connectivity index (χ3v) is 4.30. The van der Waals surface area contributed by atoms with Crippen LogP contribution in [0.2, 0.25) is 0 Å². The first-order valence-corrected chi connectivity index (χ1v) is 7.89. The number of nitrogens with zero attached hydrogens (tertiary/aromatic N) is 4. The SMILES string of the molecule is O=C(C1CCCO1)N1CCN(CCn2ncccc2=O)CC1. The van der Waals surface area contributed by atoms with Crippen LogP contribution in [-0.2, 0) is 16.1 Å². The van der Waals surface area contributed by atoms with E-state index in [-0.39, 0.29) is 17.6 Å². The minimum Gasteiger partial charge on any atom is -0.368 e. The summed E-state index contributed by atoms with van der Waals surface area (Å²) in [5, 5.41) is 4.05. The average Bonchev–Trinajstić information content (AvgIpc) is 3.08. The zero-order chi connectivity index (χ0) is 15.4. The van der Waals surface area contributed by atoms with Crippen molar-refractivity contribution in [1.82, 2.24) is 19.6 Å². The minimum atomic E-state index is -0.223. The minimum absolute atomic E-state index is 0.0744. The van der Waals surface area contributed by atoms with E-state index >= 15 is 0 Å². The van der Waals surface area contributed by atoms with Gasteiger partial charge in [-0.05, 0) is 18.9 Å². The number of aromatic nitrogens is 2. The van der Waals surface area contributed by atoms with E-state index in [1.807, 2.05) is 4.90 Å². The fraction of sp³-hybridized carbons (Fsp3) is 0.667. The van der Waals surface area contributed by atoms with Gasteiger partial charge < -0.3 is 9.64 Å². The van der Waals surface area contributed by atoms with Crippen LogP contribution in [0, 0.1) is 0 Å². The summed E-state index contributed by atoms with van der Waals surface area (Å²) in [6.45, 7) is 5.19. The van der Waals surface area contributed by atoms with Gasteiger partial charge in [-0.2, -0.15) is 5.10 Å². The number of hydrogen-bond acceptors (Lipinski definition) is 5. The predicted molar refractivity (Wildman–Crippen MR) is 80.5 cm³/mol. The van der Waals surface area contributed by atoms with Gasteiger partial charge in [0, 0.05) is 51.6 Å². The molecule has 0 bridgehead atoms. The number of amides is 1. The summed E-state index contributed by atoms with van der Waals surface area (Å²) in [6, 6.07) is 3.17. The Kier molecular flexibility index (Phi) is 4.84. The fourth-order valence-electron chi connectivity index (χ4n) is 2.96. The molecule has 2 aliphatic heterocycles. The highest BCUT2D eigenvalue weighted by Crippen LogP contribution is 2.15. The molecule has 0 N–H and O–H groups in total. The molecule has 1 amide bonds. The maximum atomic E-state index is 12.3. The molecule has 7 heteroatoms. The lowest BCUT2D eigenvalue weighted by Gasteiger charge is -2.35. The van der Waals surface area contributed by atoms with E-state index in [9.17, 15) is 9.59 Å². The number of carbonyl (C=O) groups excluding carboxylic acids is 1. The quantitative estimate of drug-likeness (QED) is 0.755. The van der Waals surface area contributed by atoms with Crippen LogP contribution in [0.4, 0.5) is 0 Å². The third kappa shape index (κ3) is 3.53. The molecule has 0 radical (unpaired) electrons. The highest BCUT2D eigenvalue weighted by molar-refractivity contribution is 5.81. The Hall–Kier alpha value is -1.73. The largest absolute Gasteiger partial charge is 0.368 e. The highest BCUT2D eigenvalue weighted by Gasteiger charge is 2.30. The van der Waals surface area contributed by atoms with Gasteiger partial charge in [-0.15, -0.1) is 0 Å². The molecule has 120 valence electrons. The van der Waals surface area contributed by atoms with Gasteiger partial charge in [0.1, 0.15) is 6.10 Å². The molecule has 3 heterocycles. The maximum absolute atomic E-state index is 12.3. The summed E-state index contributed by atoms with van der Waals surface area (Å²) < 4.78 is 6.94. The molecular weight excluding hydrogens is 284 g/mol. The fourth-order valence-corrected chi connectivity index (χ4v) is 2.96. The molecule has 0 saturated carbocycles. The molecule has 0 aromatic carbocycles. The molecule has 0 aliphatic carbocycles. The summed E-state index contributed by atoms with van der Waals surface area (Å²) >= 11 is 0. The van der Waals surface area contributed by atoms with E-state index < -0.39 is 0 Å². The first-order valence-electron chi connectivity index (χ1n) is 7.89. The van der Waals surface area contributed by atoms with Crippen LogP contribution in [0.1, 0.15) is 12.8 Å². The van der Waals surface area contributed by atoms with E-state index in [0.29, 0.717) is 13.2 Å². The van der Waals surface area contributed by atoms with E-state index in [1.54, 1.807) is 12.3 Å². The van der Waals surface area contributed by atoms with E-state index in [2.05, 4.69) is 10.00 Å². The second-order valence-electron chi connectivity index (χ2n) is 5.75. The van der Waals surface area contributed by atoms with Crippen molar-refractivity contribution < 1.29 is 9.53 Å². The van der Waals surface area contributed by atoms with Crippen LogP contribution in [0.15, 0.2) is 23.1 Å². The lowest BCUT2D eigenvalue weighted by molar-refractivity contribution is -0.142. The normalized spacial score (nSPS) is 22.9. The number of rotatable bonds is 4. The molecule has 2 saturated heterocycles. The Morgan fingerprint density at radius 2 is 2.09 bits per heavy atom. The van der Waals surface area contributed by atoms with Crippen molar-refractivity contribution in [3.05, 3.63) is 28.7 Å². The smallest absolute Gasteiger partial charge is 0.266 e. The number of ether oxygens (including phenoxy) is 1. The van der Waals surface area contributed by atoms with Crippen LogP contribution in [-0.4, -0.2) is 70.9 Å². The topological polar surface area (TPSA) is 67.7 Å². The first-order chi connectivity index (χ1) is 10.7. The van der Waals surface area contributed by atoms with Crippen LogP contribution in [0.5, 0.6) is 0 Å². The Bertz CT molecular complexity index is 560. The van der Waals surface area contributed by atoms with Gasteiger partial charge in [0.25, 0.3) is 11.5 Å². The van der Waals surface area contributed by atoms with E-state index in [4.69, 9.17) is 4.74 Å². The van der Waals surface area contributed by atoms with E-state index in [1.165, 1.54) is 10.7 Å². The summed E-state index contributed by atoms with van der Waals surface area (Å²) in [5.41, 5.74) is -0.0744. The summed E-state index contributed by atoms with van der Waals surface area (Å²) in [4.78, 5) is 28.0. The van der Waals surface area contributed by atoms with Gasteiger partial charge in [0.05, 0.1) is 6.54 Å². The van der Waals surface area contributed by atoms with E-state index in [0.717, 1.165) is 45.6 Å².